The summed E-state index contributed by atoms with van der Waals surface area (Å²) in [6.07, 6.45) is 3.94. The largest absolute Gasteiger partial charge is 0.469 e. The molecule has 0 aromatic carbocycles. The fourth-order valence-corrected chi connectivity index (χ4v) is 2.73. The summed E-state index contributed by atoms with van der Waals surface area (Å²) in [6, 6.07) is 7.72. The Labute approximate surface area is 133 Å². The van der Waals surface area contributed by atoms with Crippen LogP contribution in [-0.2, 0) is 9.53 Å². The second kappa shape index (κ2) is 6.32. The number of pyridine rings is 2. The number of esters is 1. The number of nitrogens with zero attached hydrogens (tertiary/aromatic N) is 3. The maximum atomic E-state index is 11.3. The van der Waals surface area contributed by atoms with Crippen molar-refractivity contribution in [2.75, 3.05) is 25.1 Å². The van der Waals surface area contributed by atoms with Gasteiger partial charge in [0.1, 0.15) is 11.0 Å². The molecule has 0 amide bonds. The van der Waals surface area contributed by atoms with E-state index >= 15 is 0 Å². The van der Waals surface area contributed by atoms with Gasteiger partial charge in [0.2, 0.25) is 0 Å². The topological polar surface area (TPSA) is 55.3 Å². The van der Waals surface area contributed by atoms with Crippen LogP contribution in [0.25, 0.3) is 11.1 Å². The fraction of sp³-hybridized carbons (Fsp3) is 0.312. The predicted molar refractivity (Wildman–Crippen MR) is 84.8 cm³/mol. The highest BCUT2D eigenvalue weighted by molar-refractivity contribution is 6.29. The number of carbonyl (C=O) groups is 1. The lowest BCUT2D eigenvalue weighted by molar-refractivity contribution is -0.141. The third-order valence-electron chi connectivity index (χ3n) is 3.77. The van der Waals surface area contributed by atoms with Crippen LogP contribution in [0.5, 0.6) is 0 Å². The molecule has 3 heterocycles. The molecule has 1 fully saturated rings. The van der Waals surface area contributed by atoms with E-state index in [1.807, 2.05) is 24.3 Å². The van der Waals surface area contributed by atoms with Crippen LogP contribution < -0.4 is 4.90 Å². The summed E-state index contributed by atoms with van der Waals surface area (Å²) >= 11 is 5.94. The van der Waals surface area contributed by atoms with Gasteiger partial charge in [0.15, 0.2) is 0 Å². The summed E-state index contributed by atoms with van der Waals surface area (Å²) in [7, 11) is 1.42. The minimum Gasteiger partial charge on any atom is -0.469 e. The van der Waals surface area contributed by atoms with Crippen LogP contribution >= 0.6 is 11.6 Å². The second-order valence-electron chi connectivity index (χ2n) is 5.32. The van der Waals surface area contributed by atoms with E-state index in [9.17, 15) is 4.79 Å². The number of hydrogen-bond acceptors (Lipinski definition) is 5. The molecule has 0 spiro atoms. The molecule has 0 radical (unpaired) electrons. The molecular formula is C16H16ClN3O2. The first-order valence-corrected chi connectivity index (χ1v) is 7.43. The lowest BCUT2D eigenvalue weighted by atomic mass is 9.96. The molecular weight excluding hydrogens is 302 g/mol. The standard InChI is InChI=1S/C16H16ClN3O2/c1-22-16(21)6-11-9-20(10-11)15-8-13(3-5-19-15)12-2-4-18-14(17)7-12/h2-5,7-8,11H,6,9-10H2,1H3. The van der Waals surface area contributed by atoms with Crippen LogP contribution in [-0.4, -0.2) is 36.1 Å². The van der Waals surface area contributed by atoms with Gasteiger partial charge in [-0.1, -0.05) is 11.6 Å². The highest BCUT2D eigenvalue weighted by atomic mass is 35.5. The quantitative estimate of drug-likeness (QED) is 0.641. The van der Waals surface area contributed by atoms with Gasteiger partial charge in [-0.25, -0.2) is 9.97 Å². The second-order valence-corrected chi connectivity index (χ2v) is 5.71. The molecule has 2 aromatic rings. The molecule has 22 heavy (non-hydrogen) atoms. The van der Waals surface area contributed by atoms with Crippen molar-refractivity contribution in [3.8, 4) is 11.1 Å². The number of carbonyl (C=O) groups excluding carboxylic acids is 1. The number of aromatic nitrogens is 2. The molecule has 3 rings (SSSR count). The molecule has 1 aliphatic heterocycles. The number of halogens is 1. The number of hydrogen-bond donors (Lipinski definition) is 0. The van der Waals surface area contributed by atoms with Crippen molar-refractivity contribution in [1.29, 1.82) is 0 Å². The van der Waals surface area contributed by atoms with Crippen molar-refractivity contribution >= 4 is 23.4 Å². The maximum absolute atomic E-state index is 11.3. The summed E-state index contributed by atoms with van der Waals surface area (Å²) in [4.78, 5) is 21.8. The predicted octanol–water partition coefficient (Wildman–Crippen LogP) is 2.80. The molecule has 2 aromatic heterocycles. The number of methoxy groups -OCH3 is 1. The lowest BCUT2D eigenvalue weighted by Crippen LogP contribution is -2.48. The Hall–Kier alpha value is -2.14. The molecule has 0 unspecified atom stereocenters. The van der Waals surface area contributed by atoms with Gasteiger partial charge >= 0.3 is 5.97 Å². The first-order valence-electron chi connectivity index (χ1n) is 7.05. The molecule has 0 bridgehead atoms. The molecule has 0 atom stereocenters. The fourth-order valence-electron chi connectivity index (χ4n) is 2.56. The normalized spacial score (nSPS) is 14.5. The average molecular weight is 318 g/mol. The SMILES string of the molecule is COC(=O)CC1CN(c2cc(-c3ccnc(Cl)c3)ccn2)C1. The molecule has 0 N–H and O–H groups in total. The van der Waals surface area contributed by atoms with E-state index in [0.717, 1.165) is 30.0 Å². The Morgan fingerprint density at radius 2 is 1.95 bits per heavy atom. The van der Waals surface area contributed by atoms with Gasteiger partial charge in [0.25, 0.3) is 0 Å². The third-order valence-corrected chi connectivity index (χ3v) is 3.98. The van der Waals surface area contributed by atoms with E-state index in [-0.39, 0.29) is 5.97 Å². The van der Waals surface area contributed by atoms with Crippen molar-refractivity contribution in [3.05, 3.63) is 41.8 Å². The molecule has 1 aliphatic rings. The summed E-state index contributed by atoms with van der Waals surface area (Å²) in [5.74, 6) is 1.10. The van der Waals surface area contributed by atoms with Gasteiger partial charge in [0, 0.05) is 31.4 Å². The van der Waals surface area contributed by atoms with Crippen LogP contribution in [0.1, 0.15) is 6.42 Å². The van der Waals surface area contributed by atoms with E-state index in [1.165, 1.54) is 7.11 Å². The van der Waals surface area contributed by atoms with Crippen LogP contribution in [0.3, 0.4) is 0 Å². The highest BCUT2D eigenvalue weighted by Gasteiger charge is 2.29. The van der Waals surface area contributed by atoms with Crippen molar-refractivity contribution in [3.63, 3.8) is 0 Å². The third kappa shape index (κ3) is 3.20. The van der Waals surface area contributed by atoms with Gasteiger partial charge in [-0.05, 0) is 35.4 Å². The van der Waals surface area contributed by atoms with Crippen molar-refractivity contribution in [1.82, 2.24) is 9.97 Å². The minimum atomic E-state index is -0.155. The Kier molecular flexibility index (Phi) is 4.24. The van der Waals surface area contributed by atoms with Crippen LogP contribution in [0.2, 0.25) is 5.15 Å². The van der Waals surface area contributed by atoms with E-state index in [0.29, 0.717) is 17.5 Å². The Balaban J connectivity index is 1.70. The number of rotatable bonds is 4. The summed E-state index contributed by atoms with van der Waals surface area (Å²) < 4.78 is 4.69. The zero-order valence-electron chi connectivity index (χ0n) is 12.2. The molecule has 0 aliphatic carbocycles. The van der Waals surface area contributed by atoms with E-state index in [4.69, 9.17) is 16.3 Å². The van der Waals surface area contributed by atoms with Crippen molar-refractivity contribution < 1.29 is 9.53 Å². The number of anilines is 1. The smallest absolute Gasteiger partial charge is 0.305 e. The Bertz CT molecular complexity index is 687. The molecule has 114 valence electrons. The van der Waals surface area contributed by atoms with E-state index in [1.54, 1.807) is 12.4 Å². The van der Waals surface area contributed by atoms with Gasteiger partial charge in [-0.15, -0.1) is 0 Å². The molecule has 6 heteroatoms. The molecule has 0 saturated carbocycles. The number of ether oxygens (including phenoxy) is 1. The van der Waals surface area contributed by atoms with Crippen LogP contribution in [0.4, 0.5) is 5.82 Å². The Morgan fingerprint density at radius 3 is 2.64 bits per heavy atom. The first-order chi connectivity index (χ1) is 10.7. The van der Waals surface area contributed by atoms with E-state index < -0.39 is 0 Å². The lowest BCUT2D eigenvalue weighted by Gasteiger charge is -2.39. The maximum Gasteiger partial charge on any atom is 0.305 e. The molecule has 5 nitrogen and oxygen atoms in total. The zero-order valence-corrected chi connectivity index (χ0v) is 13.0. The van der Waals surface area contributed by atoms with Crippen LogP contribution in [0.15, 0.2) is 36.7 Å². The first kappa shape index (κ1) is 14.8. The van der Waals surface area contributed by atoms with Crippen molar-refractivity contribution in [2.24, 2.45) is 5.92 Å². The monoisotopic (exact) mass is 317 g/mol. The van der Waals surface area contributed by atoms with Crippen molar-refractivity contribution in [2.45, 2.75) is 6.42 Å². The summed E-state index contributed by atoms with van der Waals surface area (Å²) in [5.41, 5.74) is 2.06. The van der Waals surface area contributed by atoms with E-state index in [2.05, 4.69) is 14.9 Å². The van der Waals surface area contributed by atoms with Gasteiger partial charge < -0.3 is 9.64 Å². The minimum absolute atomic E-state index is 0.155. The Morgan fingerprint density at radius 1 is 1.27 bits per heavy atom. The van der Waals surface area contributed by atoms with Crippen LogP contribution in [0, 0.1) is 5.92 Å². The van der Waals surface area contributed by atoms with Gasteiger partial charge in [-0.3, -0.25) is 4.79 Å². The molecule has 1 saturated heterocycles. The summed E-state index contributed by atoms with van der Waals surface area (Å²) in [5, 5.41) is 0.470. The zero-order chi connectivity index (χ0) is 15.5. The van der Waals surface area contributed by atoms with Gasteiger partial charge in [0.05, 0.1) is 13.5 Å². The van der Waals surface area contributed by atoms with Gasteiger partial charge in [-0.2, -0.15) is 0 Å². The average Bonchev–Trinajstić information content (AvgIpc) is 2.50. The summed E-state index contributed by atoms with van der Waals surface area (Å²) in [6.45, 7) is 1.64. The highest BCUT2D eigenvalue weighted by Crippen LogP contribution is 2.29.